The van der Waals surface area contributed by atoms with Crippen LogP contribution in [0.4, 0.5) is 4.79 Å². The lowest BCUT2D eigenvalue weighted by molar-refractivity contribution is -0.143. The van der Waals surface area contributed by atoms with E-state index in [-0.39, 0.29) is 0 Å². The van der Waals surface area contributed by atoms with Gasteiger partial charge in [0.15, 0.2) is 0 Å². The summed E-state index contributed by atoms with van der Waals surface area (Å²) in [5, 5.41) is 2.55. The Bertz CT molecular complexity index is 511. The van der Waals surface area contributed by atoms with Crippen molar-refractivity contribution in [1.82, 2.24) is 5.32 Å². The van der Waals surface area contributed by atoms with Gasteiger partial charge >= 0.3 is 12.1 Å². The molecule has 0 saturated carbocycles. The van der Waals surface area contributed by atoms with Crippen molar-refractivity contribution in [2.24, 2.45) is 0 Å². The molecule has 5 nitrogen and oxygen atoms in total. The minimum absolute atomic E-state index is 0.350. The highest BCUT2D eigenvalue weighted by molar-refractivity contribution is 14.1. The second kappa shape index (κ2) is 7.63. The summed E-state index contributed by atoms with van der Waals surface area (Å²) in [6.07, 6.45) is -0.286. The predicted molar refractivity (Wildman–Crippen MR) is 88.0 cm³/mol. The summed E-state index contributed by atoms with van der Waals surface area (Å²) in [5.41, 5.74) is 0.320. The van der Waals surface area contributed by atoms with Crippen LogP contribution in [-0.2, 0) is 20.7 Å². The molecular weight excluding hydrogens is 385 g/mol. The van der Waals surface area contributed by atoms with Gasteiger partial charge in [-0.3, -0.25) is 0 Å². The van der Waals surface area contributed by atoms with Crippen LogP contribution < -0.4 is 5.32 Å². The third kappa shape index (κ3) is 6.79. The van der Waals surface area contributed by atoms with Gasteiger partial charge in [-0.2, -0.15) is 0 Å². The fourth-order valence-corrected chi connectivity index (χ4v) is 2.29. The third-order valence-corrected chi connectivity index (χ3v) is 3.18. The van der Waals surface area contributed by atoms with Crippen molar-refractivity contribution in [1.29, 1.82) is 0 Å². The number of methoxy groups -OCH3 is 1. The fraction of sp³-hybridized carbons (Fsp3) is 0.467. The molecule has 1 amide bonds. The quantitative estimate of drug-likeness (QED) is 0.618. The van der Waals surface area contributed by atoms with E-state index >= 15 is 0 Å². The van der Waals surface area contributed by atoms with E-state index < -0.39 is 23.7 Å². The monoisotopic (exact) mass is 405 g/mol. The standard InChI is InChI=1S/C15H20INO4/c1-15(2,3)21-14(19)17-12(13(18)20-4)9-10-6-5-7-11(16)8-10/h5-8,12H,9H2,1-4H3,(H,17,19)/t12-/m1/s1. The lowest BCUT2D eigenvalue weighted by Crippen LogP contribution is -2.45. The summed E-state index contributed by atoms with van der Waals surface area (Å²) >= 11 is 2.19. The first-order chi connectivity index (χ1) is 9.71. The predicted octanol–water partition coefficient (Wildman–Crippen LogP) is 2.90. The smallest absolute Gasteiger partial charge is 0.408 e. The summed E-state index contributed by atoms with van der Waals surface area (Å²) in [4.78, 5) is 23.6. The number of carbonyl (C=O) groups is 2. The second-order valence-electron chi connectivity index (χ2n) is 5.56. The van der Waals surface area contributed by atoms with E-state index in [9.17, 15) is 9.59 Å². The summed E-state index contributed by atoms with van der Waals surface area (Å²) in [6, 6.07) is 6.93. The largest absolute Gasteiger partial charge is 0.467 e. The molecule has 0 unspecified atom stereocenters. The zero-order valence-electron chi connectivity index (χ0n) is 12.6. The Morgan fingerprint density at radius 1 is 1.33 bits per heavy atom. The van der Waals surface area contributed by atoms with Crippen LogP contribution in [0.25, 0.3) is 0 Å². The Hall–Kier alpha value is -1.31. The van der Waals surface area contributed by atoms with Crippen LogP contribution in [0.15, 0.2) is 24.3 Å². The molecule has 0 saturated heterocycles. The van der Waals surface area contributed by atoms with E-state index in [1.54, 1.807) is 20.8 Å². The molecule has 1 aromatic carbocycles. The number of alkyl carbamates (subject to hydrolysis) is 1. The number of hydrogen-bond acceptors (Lipinski definition) is 4. The molecule has 1 rings (SSSR count). The van der Waals surface area contributed by atoms with Gasteiger partial charge in [0.25, 0.3) is 0 Å². The van der Waals surface area contributed by atoms with E-state index in [0.29, 0.717) is 6.42 Å². The molecule has 21 heavy (non-hydrogen) atoms. The minimum Gasteiger partial charge on any atom is -0.467 e. The topological polar surface area (TPSA) is 64.6 Å². The Kier molecular flexibility index (Phi) is 6.44. The molecule has 1 N–H and O–H groups in total. The SMILES string of the molecule is COC(=O)[C@@H](Cc1cccc(I)c1)NC(=O)OC(C)(C)C. The van der Waals surface area contributed by atoms with Crippen molar-refractivity contribution in [2.75, 3.05) is 7.11 Å². The van der Waals surface area contributed by atoms with Crippen molar-refractivity contribution in [2.45, 2.75) is 38.8 Å². The van der Waals surface area contributed by atoms with Crippen molar-refractivity contribution < 1.29 is 19.1 Å². The molecule has 0 fully saturated rings. The highest BCUT2D eigenvalue weighted by atomic mass is 127. The zero-order chi connectivity index (χ0) is 16.0. The molecule has 0 spiro atoms. The molecule has 6 heteroatoms. The number of halogens is 1. The average Bonchev–Trinajstić information content (AvgIpc) is 2.34. The van der Waals surface area contributed by atoms with Gasteiger partial charge in [-0.1, -0.05) is 12.1 Å². The van der Waals surface area contributed by atoms with Crippen LogP contribution in [0.5, 0.6) is 0 Å². The van der Waals surface area contributed by atoms with Crippen molar-refractivity contribution >= 4 is 34.7 Å². The number of nitrogens with one attached hydrogen (secondary N) is 1. The van der Waals surface area contributed by atoms with Crippen LogP contribution in [-0.4, -0.2) is 30.8 Å². The maximum absolute atomic E-state index is 11.8. The first kappa shape index (κ1) is 17.7. The van der Waals surface area contributed by atoms with Gasteiger partial charge in [-0.15, -0.1) is 0 Å². The Balaban J connectivity index is 2.77. The second-order valence-corrected chi connectivity index (χ2v) is 6.80. The van der Waals surface area contributed by atoms with Crippen molar-refractivity contribution in [3.8, 4) is 0 Å². The molecule has 1 aromatic rings. The van der Waals surface area contributed by atoms with E-state index in [0.717, 1.165) is 9.13 Å². The first-order valence-corrected chi connectivity index (χ1v) is 7.61. The van der Waals surface area contributed by atoms with E-state index in [1.807, 2.05) is 24.3 Å². The summed E-state index contributed by atoms with van der Waals surface area (Å²) in [7, 11) is 1.29. The molecule has 0 aromatic heterocycles. The molecule has 0 radical (unpaired) electrons. The summed E-state index contributed by atoms with van der Waals surface area (Å²) in [6.45, 7) is 5.29. The Morgan fingerprint density at radius 2 is 2.00 bits per heavy atom. The number of rotatable bonds is 4. The Morgan fingerprint density at radius 3 is 2.52 bits per heavy atom. The normalized spacial score (nSPS) is 12.4. The van der Waals surface area contributed by atoms with Gasteiger partial charge in [0.05, 0.1) is 7.11 Å². The minimum atomic E-state index is -0.775. The van der Waals surface area contributed by atoms with Crippen molar-refractivity contribution in [3.63, 3.8) is 0 Å². The molecule has 0 heterocycles. The molecule has 0 aliphatic heterocycles. The number of ether oxygens (including phenoxy) is 2. The highest BCUT2D eigenvalue weighted by Crippen LogP contribution is 2.12. The molecule has 0 aliphatic rings. The maximum Gasteiger partial charge on any atom is 0.408 e. The fourth-order valence-electron chi connectivity index (χ4n) is 1.69. The van der Waals surface area contributed by atoms with Crippen molar-refractivity contribution in [3.05, 3.63) is 33.4 Å². The highest BCUT2D eigenvalue weighted by Gasteiger charge is 2.25. The van der Waals surface area contributed by atoms with Gasteiger partial charge < -0.3 is 14.8 Å². The number of hydrogen-bond donors (Lipinski definition) is 1. The van der Waals surface area contributed by atoms with Crippen LogP contribution >= 0.6 is 22.6 Å². The summed E-state index contributed by atoms with van der Waals surface area (Å²) < 4.78 is 11.0. The number of amides is 1. The van der Waals surface area contributed by atoms with Gasteiger partial charge in [0.1, 0.15) is 11.6 Å². The van der Waals surface area contributed by atoms with Gasteiger partial charge in [0.2, 0.25) is 0 Å². The first-order valence-electron chi connectivity index (χ1n) is 6.53. The molecule has 0 bridgehead atoms. The Labute approximate surface area is 138 Å². The maximum atomic E-state index is 11.8. The van der Waals surface area contributed by atoms with Gasteiger partial charge in [0, 0.05) is 9.99 Å². The van der Waals surface area contributed by atoms with Crippen LogP contribution in [0, 0.1) is 3.57 Å². The lowest BCUT2D eigenvalue weighted by Gasteiger charge is -2.22. The van der Waals surface area contributed by atoms with Crippen LogP contribution in [0.3, 0.4) is 0 Å². The van der Waals surface area contributed by atoms with Crippen LogP contribution in [0.1, 0.15) is 26.3 Å². The summed E-state index contributed by atoms with van der Waals surface area (Å²) in [5.74, 6) is -0.500. The van der Waals surface area contributed by atoms with Gasteiger partial charge in [-0.05, 0) is 61.1 Å². The van der Waals surface area contributed by atoms with Gasteiger partial charge in [-0.25, -0.2) is 9.59 Å². The van der Waals surface area contributed by atoms with Crippen LogP contribution in [0.2, 0.25) is 0 Å². The molecule has 116 valence electrons. The number of esters is 1. The van der Waals surface area contributed by atoms with E-state index in [4.69, 9.17) is 9.47 Å². The lowest BCUT2D eigenvalue weighted by atomic mass is 10.1. The average molecular weight is 405 g/mol. The zero-order valence-corrected chi connectivity index (χ0v) is 14.8. The molecular formula is C15H20INO4. The van der Waals surface area contributed by atoms with E-state index in [1.165, 1.54) is 7.11 Å². The van der Waals surface area contributed by atoms with E-state index in [2.05, 4.69) is 27.9 Å². The molecule has 0 aliphatic carbocycles. The number of benzene rings is 1. The molecule has 1 atom stereocenters. The third-order valence-electron chi connectivity index (χ3n) is 2.51. The number of carbonyl (C=O) groups excluding carboxylic acids is 2.